The number of nitrogen functional groups attached to an aromatic ring is 1. The van der Waals surface area contributed by atoms with Gasteiger partial charge in [-0.1, -0.05) is 17.8 Å². The second-order valence-corrected chi connectivity index (χ2v) is 9.29. The van der Waals surface area contributed by atoms with Crippen LogP contribution in [0.5, 0.6) is 0 Å². The van der Waals surface area contributed by atoms with E-state index in [1.54, 1.807) is 23.7 Å². The van der Waals surface area contributed by atoms with Crippen LogP contribution in [0.15, 0.2) is 55.7 Å². The number of nitrogens with two attached hydrogens (primary N) is 1. The lowest BCUT2D eigenvalue weighted by Gasteiger charge is -2.10. The summed E-state index contributed by atoms with van der Waals surface area (Å²) in [6.07, 6.45) is 1.58. The van der Waals surface area contributed by atoms with E-state index >= 15 is 0 Å². The van der Waals surface area contributed by atoms with Gasteiger partial charge in [-0.15, -0.1) is 32.9 Å². The highest BCUT2D eigenvalue weighted by atomic mass is 32.2. The van der Waals surface area contributed by atoms with Crippen molar-refractivity contribution >= 4 is 44.7 Å². The number of nitrogens with one attached hydrogen (secondary N) is 1. The number of H-pyrrole nitrogens is 1. The van der Waals surface area contributed by atoms with E-state index in [-0.39, 0.29) is 10.8 Å². The Morgan fingerprint density at radius 1 is 1.28 bits per heavy atom. The second-order valence-electron chi connectivity index (χ2n) is 6.17. The third kappa shape index (κ3) is 3.16. The summed E-state index contributed by atoms with van der Waals surface area (Å²) in [5.74, 6) is 7.99. The van der Waals surface area contributed by atoms with E-state index in [0.29, 0.717) is 32.8 Å². The van der Waals surface area contributed by atoms with Crippen LogP contribution in [0, 0.1) is 0 Å². The molecule has 0 aliphatic carbocycles. The SMILES string of the molecule is CC(Sc1nnc(-c2cccs2)n1N)c1nc2scc(-c3ccco3)c2c(=O)[nH]1. The van der Waals surface area contributed by atoms with Crippen molar-refractivity contribution in [1.29, 1.82) is 0 Å². The van der Waals surface area contributed by atoms with Crippen LogP contribution < -0.4 is 11.4 Å². The van der Waals surface area contributed by atoms with E-state index in [1.807, 2.05) is 35.9 Å². The van der Waals surface area contributed by atoms with Crippen LogP contribution in [0.2, 0.25) is 0 Å². The summed E-state index contributed by atoms with van der Waals surface area (Å²) in [7, 11) is 0. The van der Waals surface area contributed by atoms with Crippen molar-refractivity contribution in [3.8, 4) is 22.0 Å². The number of furan rings is 1. The molecule has 3 N–H and O–H groups in total. The number of rotatable bonds is 5. The van der Waals surface area contributed by atoms with Gasteiger partial charge in [-0.25, -0.2) is 9.66 Å². The van der Waals surface area contributed by atoms with Gasteiger partial charge in [-0.3, -0.25) is 4.79 Å². The maximum absolute atomic E-state index is 12.8. The molecule has 0 saturated carbocycles. The normalized spacial score (nSPS) is 12.6. The zero-order chi connectivity index (χ0) is 20.0. The molecule has 5 aromatic heterocycles. The fraction of sp³-hybridized carbons (Fsp3) is 0.111. The Morgan fingerprint density at radius 2 is 2.17 bits per heavy atom. The Labute approximate surface area is 176 Å². The summed E-state index contributed by atoms with van der Waals surface area (Å²) in [5.41, 5.74) is 0.552. The topological polar surface area (TPSA) is 116 Å². The van der Waals surface area contributed by atoms with E-state index in [9.17, 15) is 4.79 Å². The molecule has 5 rings (SSSR count). The van der Waals surface area contributed by atoms with Gasteiger partial charge < -0.3 is 15.2 Å². The number of hydrogen-bond donors (Lipinski definition) is 2. The molecule has 0 radical (unpaired) electrons. The summed E-state index contributed by atoms with van der Waals surface area (Å²) in [4.78, 5) is 21.9. The summed E-state index contributed by atoms with van der Waals surface area (Å²) < 4.78 is 6.90. The van der Waals surface area contributed by atoms with Crippen LogP contribution in [0.1, 0.15) is 18.0 Å². The van der Waals surface area contributed by atoms with Crippen molar-refractivity contribution in [2.75, 3.05) is 5.84 Å². The molecule has 5 heterocycles. The summed E-state index contributed by atoms with van der Waals surface area (Å²) >= 11 is 4.34. The number of aromatic amines is 1. The van der Waals surface area contributed by atoms with E-state index < -0.39 is 0 Å². The number of nitrogens with zero attached hydrogens (tertiary/aromatic N) is 4. The lowest BCUT2D eigenvalue weighted by Crippen LogP contribution is -2.14. The molecule has 146 valence electrons. The summed E-state index contributed by atoms with van der Waals surface area (Å²) in [5, 5.41) is 13.1. The number of hydrogen-bond acceptors (Lipinski definition) is 9. The highest BCUT2D eigenvalue weighted by molar-refractivity contribution is 7.99. The summed E-state index contributed by atoms with van der Waals surface area (Å²) in [6, 6.07) is 7.50. The predicted molar refractivity (Wildman–Crippen MR) is 116 cm³/mol. The van der Waals surface area contributed by atoms with Crippen LogP contribution in [0.25, 0.3) is 32.2 Å². The highest BCUT2D eigenvalue weighted by Gasteiger charge is 2.20. The molecule has 0 spiro atoms. The number of aromatic nitrogens is 5. The minimum Gasteiger partial charge on any atom is -0.464 e. The van der Waals surface area contributed by atoms with Crippen LogP contribution in [-0.2, 0) is 0 Å². The van der Waals surface area contributed by atoms with E-state index in [0.717, 1.165) is 10.4 Å². The van der Waals surface area contributed by atoms with Crippen molar-refractivity contribution in [1.82, 2.24) is 24.8 Å². The molecule has 29 heavy (non-hydrogen) atoms. The Balaban J connectivity index is 1.46. The first-order chi connectivity index (χ1) is 14.1. The Hall–Kier alpha value is -2.89. The van der Waals surface area contributed by atoms with Gasteiger partial charge in [0.05, 0.1) is 21.8 Å². The van der Waals surface area contributed by atoms with E-state index in [1.165, 1.54) is 27.8 Å². The van der Waals surface area contributed by atoms with Crippen LogP contribution >= 0.6 is 34.4 Å². The lowest BCUT2D eigenvalue weighted by molar-refractivity contribution is 0.583. The number of thiophene rings is 2. The molecule has 8 nitrogen and oxygen atoms in total. The monoisotopic (exact) mass is 442 g/mol. The molecule has 1 unspecified atom stereocenters. The molecule has 0 amide bonds. The van der Waals surface area contributed by atoms with Gasteiger partial charge in [-0.2, -0.15) is 0 Å². The highest BCUT2D eigenvalue weighted by Crippen LogP contribution is 2.35. The average Bonchev–Trinajstić information content (AvgIpc) is 3.49. The van der Waals surface area contributed by atoms with Crippen molar-refractivity contribution in [3.05, 3.63) is 57.5 Å². The minimum absolute atomic E-state index is 0.177. The van der Waals surface area contributed by atoms with Crippen LogP contribution in [-0.4, -0.2) is 24.8 Å². The van der Waals surface area contributed by atoms with E-state index in [2.05, 4.69) is 20.2 Å². The third-order valence-electron chi connectivity index (χ3n) is 4.32. The number of fused-ring (bicyclic) bond motifs is 1. The maximum atomic E-state index is 12.8. The first-order valence-corrected chi connectivity index (χ1v) is 11.2. The fourth-order valence-electron chi connectivity index (χ4n) is 2.92. The predicted octanol–water partition coefficient (Wildman–Crippen LogP) is 4.13. The Morgan fingerprint density at radius 3 is 2.93 bits per heavy atom. The average molecular weight is 443 g/mol. The molecule has 5 aromatic rings. The Bertz CT molecular complexity index is 1330. The van der Waals surface area contributed by atoms with Crippen LogP contribution in [0.3, 0.4) is 0 Å². The molecular formula is C18H14N6O2S3. The molecule has 0 aliphatic rings. The van der Waals surface area contributed by atoms with Gasteiger partial charge in [0.15, 0.2) is 5.82 Å². The maximum Gasteiger partial charge on any atom is 0.260 e. The molecule has 0 saturated heterocycles. The lowest BCUT2D eigenvalue weighted by atomic mass is 10.2. The van der Waals surface area contributed by atoms with E-state index in [4.69, 9.17) is 10.3 Å². The summed E-state index contributed by atoms with van der Waals surface area (Å²) in [6.45, 7) is 1.94. The molecular weight excluding hydrogens is 428 g/mol. The van der Waals surface area contributed by atoms with Gasteiger partial charge in [0.25, 0.3) is 5.56 Å². The Kier molecular flexibility index (Phi) is 4.49. The molecule has 0 bridgehead atoms. The largest absolute Gasteiger partial charge is 0.464 e. The van der Waals surface area contributed by atoms with Crippen molar-refractivity contribution in [2.45, 2.75) is 17.3 Å². The second kappa shape index (κ2) is 7.17. The standard InChI is InChI=1S/C18H14N6O2S3/c1-9(29-18-23-22-15(24(18)19)12-5-3-7-27-12)14-20-16(25)13-10(8-28-17(13)21-14)11-4-2-6-26-11/h2-9H,19H2,1H3,(H,20,21,25). The zero-order valence-corrected chi connectivity index (χ0v) is 17.5. The third-order valence-corrected chi connectivity index (χ3v) is 7.13. The first-order valence-electron chi connectivity index (χ1n) is 8.58. The molecule has 0 aliphatic heterocycles. The zero-order valence-electron chi connectivity index (χ0n) is 15.0. The van der Waals surface area contributed by atoms with Crippen molar-refractivity contribution in [3.63, 3.8) is 0 Å². The molecule has 11 heteroatoms. The van der Waals surface area contributed by atoms with Crippen molar-refractivity contribution in [2.24, 2.45) is 0 Å². The van der Waals surface area contributed by atoms with Gasteiger partial charge in [0, 0.05) is 10.9 Å². The molecule has 0 aromatic carbocycles. The van der Waals surface area contributed by atoms with Crippen LogP contribution in [0.4, 0.5) is 0 Å². The minimum atomic E-state index is -0.196. The first kappa shape index (κ1) is 18.2. The molecule has 0 fully saturated rings. The quantitative estimate of drug-likeness (QED) is 0.310. The van der Waals surface area contributed by atoms with Gasteiger partial charge in [0.2, 0.25) is 5.16 Å². The van der Waals surface area contributed by atoms with Crippen molar-refractivity contribution < 1.29 is 4.42 Å². The molecule has 1 atom stereocenters. The smallest absolute Gasteiger partial charge is 0.260 e. The van der Waals surface area contributed by atoms with Gasteiger partial charge in [0.1, 0.15) is 16.4 Å². The fourth-order valence-corrected chi connectivity index (χ4v) is 5.38. The van der Waals surface area contributed by atoms with Gasteiger partial charge in [-0.05, 0) is 30.5 Å². The van der Waals surface area contributed by atoms with Gasteiger partial charge >= 0.3 is 0 Å². The number of thioether (sulfide) groups is 1.